The van der Waals surface area contributed by atoms with Gasteiger partial charge in [-0.1, -0.05) is 65.9 Å². The van der Waals surface area contributed by atoms with E-state index in [1.807, 2.05) is 86.7 Å². The SMILES string of the molecule is C=CCc1cc(/C=c2/sc3n(c2=O)[C@@H](c2ccccc2OC(C)C)C(C(=O)OCC)=C(C)N=3)cc(OC)c1OCc1ccccc1. The molecule has 0 bridgehead atoms. The average molecular weight is 639 g/mol. The first-order chi connectivity index (χ1) is 22.2. The van der Waals surface area contributed by atoms with Gasteiger partial charge in [0.25, 0.3) is 5.56 Å². The summed E-state index contributed by atoms with van der Waals surface area (Å²) in [5.74, 6) is 1.24. The number of esters is 1. The molecule has 46 heavy (non-hydrogen) atoms. The molecule has 0 amide bonds. The molecule has 5 rings (SSSR count). The molecule has 0 radical (unpaired) electrons. The molecule has 4 aromatic rings. The van der Waals surface area contributed by atoms with E-state index in [2.05, 4.69) is 6.58 Å². The van der Waals surface area contributed by atoms with E-state index in [-0.39, 0.29) is 18.3 Å². The predicted molar refractivity (Wildman–Crippen MR) is 180 cm³/mol. The Morgan fingerprint density at radius 1 is 1.09 bits per heavy atom. The Morgan fingerprint density at radius 2 is 1.83 bits per heavy atom. The number of thiazole rings is 1. The Balaban J connectivity index is 1.65. The third-order valence-electron chi connectivity index (χ3n) is 7.36. The summed E-state index contributed by atoms with van der Waals surface area (Å²) in [5, 5.41) is 0. The van der Waals surface area contributed by atoms with E-state index in [9.17, 15) is 9.59 Å². The lowest BCUT2D eigenvalue weighted by Crippen LogP contribution is -2.40. The Labute approximate surface area is 272 Å². The van der Waals surface area contributed by atoms with Crippen molar-refractivity contribution >= 4 is 23.4 Å². The second kappa shape index (κ2) is 14.5. The molecule has 0 saturated heterocycles. The van der Waals surface area contributed by atoms with Gasteiger partial charge in [0.1, 0.15) is 18.4 Å². The van der Waals surface area contributed by atoms with Crippen LogP contribution in [0, 0.1) is 0 Å². The summed E-state index contributed by atoms with van der Waals surface area (Å²) < 4.78 is 25.6. The largest absolute Gasteiger partial charge is 0.493 e. The number of hydrogen-bond acceptors (Lipinski definition) is 8. The topological polar surface area (TPSA) is 88.4 Å². The third-order valence-corrected chi connectivity index (χ3v) is 8.34. The molecular formula is C37H38N2O6S. The minimum absolute atomic E-state index is 0.118. The van der Waals surface area contributed by atoms with Crippen LogP contribution < -0.4 is 29.1 Å². The van der Waals surface area contributed by atoms with Crippen LogP contribution in [0.5, 0.6) is 17.2 Å². The van der Waals surface area contributed by atoms with Crippen molar-refractivity contribution < 1.29 is 23.7 Å². The van der Waals surface area contributed by atoms with Crippen LogP contribution in [-0.2, 0) is 22.6 Å². The van der Waals surface area contributed by atoms with Crippen molar-refractivity contribution in [2.75, 3.05) is 13.7 Å². The smallest absolute Gasteiger partial charge is 0.338 e. The van der Waals surface area contributed by atoms with Crippen LogP contribution >= 0.6 is 11.3 Å². The minimum Gasteiger partial charge on any atom is -0.493 e. The number of benzene rings is 3. The Morgan fingerprint density at radius 3 is 2.52 bits per heavy atom. The van der Waals surface area contributed by atoms with Crippen molar-refractivity contribution in [2.24, 2.45) is 4.99 Å². The van der Waals surface area contributed by atoms with Gasteiger partial charge in [-0.3, -0.25) is 9.36 Å². The number of nitrogens with zero attached hydrogens (tertiary/aromatic N) is 2. The van der Waals surface area contributed by atoms with Gasteiger partial charge >= 0.3 is 5.97 Å². The van der Waals surface area contributed by atoms with Gasteiger partial charge in [-0.2, -0.15) is 0 Å². The summed E-state index contributed by atoms with van der Waals surface area (Å²) in [4.78, 5) is 32.8. The summed E-state index contributed by atoms with van der Waals surface area (Å²) >= 11 is 1.26. The summed E-state index contributed by atoms with van der Waals surface area (Å²) in [7, 11) is 1.59. The van der Waals surface area contributed by atoms with E-state index < -0.39 is 12.0 Å². The van der Waals surface area contributed by atoms with Gasteiger partial charge in [0.15, 0.2) is 16.3 Å². The van der Waals surface area contributed by atoms with E-state index in [0.29, 0.717) is 56.4 Å². The predicted octanol–water partition coefficient (Wildman–Crippen LogP) is 5.90. The first kappa shape index (κ1) is 32.5. The number of methoxy groups -OCH3 is 1. The molecule has 1 aliphatic heterocycles. The molecule has 1 aliphatic rings. The van der Waals surface area contributed by atoms with Crippen molar-refractivity contribution in [1.29, 1.82) is 0 Å². The lowest BCUT2D eigenvalue weighted by molar-refractivity contribution is -0.139. The number of hydrogen-bond donors (Lipinski definition) is 0. The van der Waals surface area contributed by atoms with Crippen molar-refractivity contribution in [3.63, 3.8) is 0 Å². The number of para-hydroxylation sites is 1. The molecule has 0 fully saturated rings. The van der Waals surface area contributed by atoms with Crippen LogP contribution in [0.2, 0.25) is 0 Å². The Bertz CT molecular complexity index is 1960. The number of rotatable bonds is 12. The monoisotopic (exact) mass is 638 g/mol. The van der Waals surface area contributed by atoms with Gasteiger partial charge < -0.3 is 18.9 Å². The van der Waals surface area contributed by atoms with Gasteiger partial charge in [-0.05, 0) is 69.5 Å². The number of fused-ring (bicyclic) bond motifs is 1. The highest BCUT2D eigenvalue weighted by molar-refractivity contribution is 7.07. The van der Waals surface area contributed by atoms with Gasteiger partial charge in [0, 0.05) is 11.1 Å². The molecule has 0 spiro atoms. The third kappa shape index (κ3) is 6.84. The summed E-state index contributed by atoms with van der Waals surface area (Å²) in [6.45, 7) is 11.9. The summed E-state index contributed by atoms with van der Waals surface area (Å²) in [6.07, 6.45) is 4.04. The van der Waals surface area contributed by atoms with E-state index in [0.717, 1.165) is 16.7 Å². The number of carbonyl (C=O) groups is 1. The molecule has 0 saturated carbocycles. The molecular weight excluding hydrogens is 600 g/mol. The Kier molecular flexibility index (Phi) is 10.2. The average Bonchev–Trinajstić information content (AvgIpc) is 3.34. The first-order valence-corrected chi connectivity index (χ1v) is 16.0. The molecule has 0 aliphatic carbocycles. The van der Waals surface area contributed by atoms with E-state index in [1.165, 1.54) is 11.3 Å². The fourth-order valence-electron chi connectivity index (χ4n) is 5.42. The molecule has 0 unspecified atom stereocenters. The molecule has 1 atom stereocenters. The fraction of sp³-hybridized carbons (Fsp3) is 0.270. The number of aromatic nitrogens is 1. The van der Waals surface area contributed by atoms with Crippen LogP contribution in [0.15, 0.2) is 100 Å². The van der Waals surface area contributed by atoms with Gasteiger partial charge in [0.05, 0.1) is 35.6 Å². The maximum atomic E-state index is 14.3. The van der Waals surface area contributed by atoms with Crippen LogP contribution in [0.25, 0.3) is 6.08 Å². The van der Waals surface area contributed by atoms with Crippen molar-refractivity contribution in [3.8, 4) is 17.2 Å². The van der Waals surface area contributed by atoms with Crippen molar-refractivity contribution in [1.82, 2.24) is 4.57 Å². The lowest BCUT2D eigenvalue weighted by atomic mass is 9.95. The van der Waals surface area contributed by atoms with Gasteiger partial charge in [0.2, 0.25) is 0 Å². The zero-order valence-electron chi connectivity index (χ0n) is 26.7. The number of ether oxygens (including phenoxy) is 4. The molecule has 2 heterocycles. The van der Waals surface area contributed by atoms with Crippen LogP contribution in [0.1, 0.15) is 56.0 Å². The normalized spacial score (nSPS) is 14.5. The van der Waals surface area contributed by atoms with Gasteiger partial charge in [-0.15, -0.1) is 6.58 Å². The molecule has 1 aromatic heterocycles. The summed E-state index contributed by atoms with van der Waals surface area (Å²) in [5.41, 5.74) is 3.86. The zero-order chi connectivity index (χ0) is 32.8. The minimum atomic E-state index is -0.785. The van der Waals surface area contributed by atoms with E-state index in [1.54, 1.807) is 31.6 Å². The van der Waals surface area contributed by atoms with E-state index >= 15 is 0 Å². The quantitative estimate of drug-likeness (QED) is 0.142. The highest BCUT2D eigenvalue weighted by atomic mass is 32.1. The van der Waals surface area contributed by atoms with E-state index in [4.69, 9.17) is 23.9 Å². The second-order valence-corrected chi connectivity index (χ2v) is 12.0. The van der Waals surface area contributed by atoms with Crippen molar-refractivity contribution in [2.45, 2.75) is 52.9 Å². The fourth-order valence-corrected chi connectivity index (χ4v) is 6.47. The summed E-state index contributed by atoms with van der Waals surface area (Å²) in [6, 6.07) is 20.4. The number of allylic oxidation sites excluding steroid dienone is 2. The molecule has 8 nitrogen and oxygen atoms in total. The lowest BCUT2D eigenvalue weighted by Gasteiger charge is -2.26. The maximum Gasteiger partial charge on any atom is 0.338 e. The number of carbonyl (C=O) groups excluding carboxylic acids is 1. The highest BCUT2D eigenvalue weighted by Crippen LogP contribution is 2.37. The standard InChI is InChI=1S/C37H38N2O6S/c1-7-14-27-19-26(20-30(42-6)34(27)44-22-25-15-10-9-11-16-25)21-31-35(40)39-33(28-17-12-13-18-29(28)45-23(3)4)32(36(41)43-8-2)24(5)38-37(39)46-31/h7,9-13,15-21,23,33H,1,8,14,22H2,2-6H3/b31-21+/t33-/m0/s1. The van der Waals surface area contributed by atoms with Crippen LogP contribution in [0.4, 0.5) is 0 Å². The van der Waals surface area contributed by atoms with Crippen LogP contribution in [-0.4, -0.2) is 30.4 Å². The molecule has 9 heteroatoms. The molecule has 238 valence electrons. The zero-order valence-corrected chi connectivity index (χ0v) is 27.6. The first-order valence-electron chi connectivity index (χ1n) is 15.2. The molecule has 0 N–H and O–H groups in total. The second-order valence-electron chi connectivity index (χ2n) is 11.0. The van der Waals surface area contributed by atoms with Gasteiger partial charge in [-0.25, -0.2) is 9.79 Å². The van der Waals surface area contributed by atoms with Crippen molar-refractivity contribution in [3.05, 3.63) is 133 Å². The Hall–Kier alpha value is -4.89. The molecule has 3 aromatic carbocycles. The highest BCUT2D eigenvalue weighted by Gasteiger charge is 2.35. The maximum absolute atomic E-state index is 14.3. The van der Waals surface area contributed by atoms with Crippen LogP contribution in [0.3, 0.4) is 0 Å².